The van der Waals surface area contributed by atoms with Crippen molar-refractivity contribution in [2.45, 2.75) is 25.4 Å². The van der Waals surface area contributed by atoms with Crippen LogP contribution in [0, 0.1) is 0 Å². The zero-order valence-electron chi connectivity index (χ0n) is 11.1. The number of ether oxygens (including phenoxy) is 2. The Morgan fingerprint density at radius 3 is 2.35 bits per heavy atom. The Bertz CT molecular complexity index is 571. The first-order valence-electron chi connectivity index (χ1n) is 6.80. The van der Waals surface area contributed by atoms with E-state index in [0.717, 1.165) is 5.56 Å². The minimum Gasteiger partial charge on any atom is -0.429 e. The summed E-state index contributed by atoms with van der Waals surface area (Å²) in [4.78, 5) is 11.6. The third-order valence-corrected chi connectivity index (χ3v) is 3.33. The molecule has 0 amide bonds. The molecule has 0 aliphatic heterocycles. The molecular weight excluding hydrogens is 252 g/mol. The van der Waals surface area contributed by atoms with Crippen molar-refractivity contribution >= 4 is 6.16 Å². The van der Waals surface area contributed by atoms with Crippen molar-refractivity contribution in [1.29, 1.82) is 0 Å². The molecule has 0 unspecified atom stereocenters. The second-order valence-corrected chi connectivity index (χ2v) is 4.97. The molecule has 2 aromatic carbocycles. The van der Waals surface area contributed by atoms with Crippen LogP contribution >= 0.6 is 0 Å². The van der Waals surface area contributed by atoms with Crippen molar-refractivity contribution in [2.24, 2.45) is 0 Å². The third-order valence-electron chi connectivity index (χ3n) is 3.33. The SMILES string of the molecule is O=C(OCc1ccccc1)Oc1ccc(C2CC2)cc1. The summed E-state index contributed by atoms with van der Waals surface area (Å²) in [7, 11) is 0. The van der Waals surface area contributed by atoms with Gasteiger partial charge in [0.1, 0.15) is 12.4 Å². The fourth-order valence-electron chi connectivity index (χ4n) is 2.07. The van der Waals surface area contributed by atoms with Crippen molar-refractivity contribution in [3.63, 3.8) is 0 Å². The lowest BCUT2D eigenvalue weighted by Crippen LogP contribution is -2.10. The van der Waals surface area contributed by atoms with Crippen molar-refractivity contribution in [3.05, 3.63) is 65.7 Å². The van der Waals surface area contributed by atoms with E-state index < -0.39 is 6.16 Å². The van der Waals surface area contributed by atoms with Gasteiger partial charge < -0.3 is 9.47 Å². The predicted molar refractivity (Wildman–Crippen MR) is 75.7 cm³/mol. The maximum atomic E-state index is 11.6. The molecule has 2 aromatic rings. The largest absolute Gasteiger partial charge is 0.514 e. The first-order chi connectivity index (χ1) is 9.81. The number of hydrogen-bond acceptors (Lipinski definition) is 3. The minimum atomic E-state index is -0.673. The molecule has 0 aromatic heterocycles. The molecule has 0 atom stereocenters. The maximum Gasteiger partial charge on any atom is 0.514 e. The fraction of sp³-hybridized carbons (Fsp3) is 0.235. The Labute approximate surface area is 118 Å². The summed E-state index contributed by atoms with van der Waals surface area (Å²) in [5.41, 5.74) is 2.25. The van der Waals surface area contributed by atoms with Crippen molar-refractivity contribution < 1.29 is 14.3 Å². The third kappa shape index (κ3) is 3.38. The van der Waals surface area contributed by atoms with E-state index in [1.807, 2.05) is 54.6 Å². The average molecular weight is 268 g/mol. The van der Waals surface area contributed by atoms with Gasteiger partial charge in [-0.15, -0.1) is 0 Å². The first-order valence-corrected chi connectivity index (χ1v) is 6.80. The van der Waals surface area contributed by atoms with Crippen LogP contribution in [0.25, 0.3) is 0 Å². The summed E-state index contributed by atoms with van der Waals surface area (Å²) in [5.74, 6) is 1.22. The van der Waals surface area contributed by atoms with Crippen LogP contribution in [0.4, 0.5) is 4.79 Å². The molecule has 3 heteroatoms. The van der Waals surface area contributed by atoms with Gasteiger partial charge in [-0.25, -0.2) is 4.79 Å². The lowest BCUT2D eigenvalue weighted by molar-refractivity contribution is 0.0928. The Hall–Kier alpha value is -2.29. The quantitative estimate of drug-likeness (QED) is 0.613. The molecule has 1 aliphatic rings. The molecule has 0 N–H and O–H groups in total. The normalized spacial score (nSPS) is 13.8. The fourth-order valence-corrected chi connectivity index (χ4v) is 2.07. The second kappa shape index (κ2) is 5.78. The number of carbonyl (C=O) groups excluding carboxylic acids is 1. The van der Waals surface area contributed by atoms with Crippen LogP contribution in [0.1, 0.15) is 29.9 Å². The van der Waals surface area contributed by atoms with Gasteiger partial charge in [0.15, 0.2) is 0 Å². The average Bonchev–Trinajstić information content (AvgIpc) is 3.32. The Kier molecular flexibility index (Phi) is 3.68. The standard InChI is InChI=1S/C17H16O3/c18-17(19-12-13-4-2-1-3-5-13)20-16-10-8-15(9-11-16)14-6-7-14/h1-5,8-11,14H,6-7,12H2. The molecule has 102 valence electrons. The van der Waals surface area contributed by atoms with Crippen LogP contribution in [0.2, 0.25) is 0 Å². The molecular formula is C17H16O3. The molecule has 3 nitrogen and oxygen atoms in total. The molecule has 0 spiro atoms. The van der Waals surface area contributed by atoms with E-state index in [-0.39, 0.29) is 6.61 Å². The summed E-state index contributed by atoms with van der Waals surface area (Å²) < 4.78 is 10.2. The van der Waals surface area contributed by atoms with Crippen LogP contribution in [0.15, 0.2) is 54.6 Å². The van der Waals surface area contributed by atoms with Gasteiger partial charge in [0.2, 0.25) is 0 Å². The Balaban J connectivity index is 1.50. The molecule has 0 radical (unpaired) electrons. The molecule has 0 heterocycles. The van der Waals surface area contributed by atoms with E-state index in [9.17, 15) is 4.79 Å². The van der Waals surface area contributed by atoms with Crippen LogP contribution < -0.4 is 4.74 Å². The van der Waals surface area contributed by atoms with Gasteiger partial charge >= 0.3 is 6.16 Å². The molecule has 1 fully saturated rings. The van der Waals surface area contributed by atoms with E-state index in [1.54, 1.807) is 0 Å². The lowest BCUT2D eigenvalue weighted by atomic mass is 10.1. The van der Waals surface area contributed by atoms with Gasteiger partial charge in [-0.2, -0.15) is 0 Å². The molecule has 1 aliphatic carbocycles. The highest BCUT2D eigenvalue weighted by atomic mass is 16.7. The summed E-state index contributed by atoms with van der Waals surface area (Å²) in [5, 5.41) is 0. The van der Waals surface area contributed by atoms with Crippen LogP contribution in [0.5, 0.6) is 5.75 Å². The zero-order valence-corrected chi connectivity index (χ0v) is 11.1. The summed E-state index contributed by atoms with van der Waals surface area (Å²) in [6, 6.07) is 17.2. The van der Waals surface area contributed by atoms with Crippen LogP contribution in [-0.2, 0) is 11.3 Å². The van der Waals surface area contributed by atoms with Crippen LogP contribution in [0.3, 0.4) is 0 Å². The van der Waals surface area contributed by atoms with Crippen LogP contribution in [-0.4, -0.2) is 6.16 Å². The van der Waals surface area contributed by atoms with Gasteiger partial charge in [-0.3, -0.25) is 0 Å². The monoisotopic (exact) mass is 268 g/mol. The van der Waals surface area contributed by atoms with Gasteiger partial charge in [0, 0.05) is 0 Å². The number of benzene rings is 2. The van der Waals surface area contributed by atoms with E-state index in [2.05, 4.69) is 0 Å². The van der Waals surface area contributed by atoms with Crippen molar-refractivity contribution in [3.8, 4) is 5.75 Å². The first kappa shape index (κ1) is 12.7. The van der Waals surface area contributed by atoms with E-state index in [4.69, 9.17) is 9.47 Å². The highest BCUT2D eigenvalue weighted by molar-refractivity contribution is 5.63. The zero-order chi connectivity index (χ0) is 13.8. The number of hydrogen-bond donors (Lipinski definition) is 0. The smallest absolute Gasteiger partial charge is 0.429 e. The van der Waals surface area contributed by atoms with Gasteiger partial charge in [-0.1, -0.05) is 42.5 Å². The number of carbonyl (C=O) groups is 1. The molecule has 20 heavy (non-hydrogen) atoms. The van der Waals surface area contributed by atoms with Crippen molar-refractivity contribution in [1.82, 2.24) is 0 Å². The summed E-state index contributed by atoms with van der Waals surface area (Å²) >= 11 is 0. The lowest BCUT2D eigenvalue weighted by Gasteiger charge is -2.06. The highest BCUT2D eigenvalue weighted by Crippen LogP contribution is 2.40. The Morgan fingerprint density at radius 1 is 1.00 bits per heavy atom. The molecule has 3 rings (SSSR count). The van der Waals surface area contributed by atoms with Gasteiger partial charge in [0.25, 0.3) is 0 Å². The summed E-state index contributed by atoms with van der Waals surface area (Å²) in [6.45, 7) is 0.222. The second-order valence-electron chi connectivity index (χ2n) is 4.97. The van der Waals surface area contributed by atoms with E-state index >= 15 is 0 Å². The summed E-state index contributed by atoms with van der Waals surface area (Å²) in [6.07, 6.45) is 1.85. The topological polar surface area (TPSA) is 35.5 Å². The minimum absolute atomic E-state index is 0.222. The van der Waals surface area contributed by atoms with Crippen molar-refractivity contribution in [2.75, 3.05) is 0 Å². The molecule has 1 saturated carbocycles. The molecule has 0 bridgehead atoms. The van der Waals surface area contributed by atoms with E-state index in [1.165, 1.54) is 18.4 Å². The molecule has 0 saturated heterocycles. The highest BCUT2D eigenvalue weighted by Gasteiger charge is 2.23. The van der Waals surface area contributed by atoms with Gasteiger partial charge in [-0.05, 0) is 42.0 Å². The van der Waals surface area contributed by atoms with Gasteiger partial charge in [0.05, 0.1) is 0 Å². The van der Waals surface area contributed by atoms with E-state index in [0.29, 0.717) is 11.7 Å². The number of rotatable bonds is 4. The maximum absolute atomic E-state index is 11.6. The Morgan fingerprint density at radius 2 is 1.70 bits per heavy atom. The predicted octanol–water partition coefficient (Wildman–Crippen LogP) is 4.28.